The lowest BCUT2D eigenvalue weighted by molar-refractivity contribution is 0.122. The van der Waals surface area contributed by atoms with Crippen LogP contribution in [-0.4, -0.2) is 52.5 Å². The average Bonchev–Trinajstić information content (AvgIpc) is 3.24. The van der Waals surface area contributed by atoms with Crippen LogP contribution < -0.4 is 15.6 Å². The van der Waals surface area contributed by atoms with Crippen LogP contribution in [0.3, 0.4) is 0 Å². The molecule has 0 amide bonds. The van der Waals surface area contributed by atoms with Crippen molar-refractivity contribution in [2.45, 2.75) is 0 Å². The number of nitrogens with zero attached hydrogens (tertiary/aromatic N) is 5. The molecule has 1 aliphatic heterocycles. The van der Waals surface area contributed by atoms with Crippen molar-refractivity contribution >= 4 is 52.3 Å². The summed E-state index contributed by atoms with van der Waals surface area (Å²) in [5.41, 5.74) is 5.65. The van der Waals surface area contributed by atoms with Crippen LogP contribution in [0, 0.1) is 0 Å². The Morgan fingerprint density at radius 2 is 1.78 bits per heavy atom. The quantitative estimate of drug-likeness (QED) is 0.302. The largest absolute Gasteiger partial charge is 0.378 e. The molecule has 0 aliphatic carbocycles. The van der Waals surface area contributed by atoms with Crippen LogP contribution >= 0.6 is 11.6 Å². The fourth-order valence-corrected chi connectivity index (χ4v) is 3.60. The molecule has 0 spiro atoms. The van der Waals surface area contributed by atoms with Crippen molar-refractivity contribution in [3.05, 3.63) is 65.3 Å². The number of nitrogens with one attached hydrogen (secondary N) is 3. The Morgan fingerprint density at radius 3 is 2.66 bits per heavy atom. The zero-order valence-corrected chi connectivity index (χ0v) is 17.9. The molecule has 10 heteroatoms. The number of aromatic amines is 1. The summed E-state index contributed by atoms with van der Waals surface area (Å²) in [5, 5.41) is 9.18. The molecule has 1 fully saturated rings. The van der Waals surface area contributed by atoms with Crippen molar-refractivity contribution in [1.82, 2.24) is 19.9 Å². The fourth-order valence-electron chi connectivity index (χ4n) is 3.42. The minimum absolute atomic E-state index is 0.326. The van der Waals surface area contributed by atoms with Crippen LogP contribution in [0.1, 0.15) is 5.56 Å². The topological polar surface area (TPSA) is 103 Å². The molecular formula is C22H21ClN8O. The molecule has 0 bridgehead atoms. The van der Waals surface area contributed by atoms with Gasteiger partial charge in [-0.05, 0) is 18.2 Å². The average molecular weight is 449 g/mol. The number of morpholine rings is 1. The molecule has 0 unspecified atom stereocenters. The Labute approximate surface area is 189 Å². The highest BCUT2D eigenvalue weighted by Gasteiger charge is 2.17. The lowest BCUT2D eigenvalue weighted by Crippen LogP contribution is -2.37. The van der Waals surface area contributed by atoms with Crippen molar-refractivity contribution in [3.63, 3.8) is 0 Å². The van der Waals surface area contributed by atoms with Crippen LogP contribution in [0.15, 0.2) is 59.8 Å². The van der Waals surface area contributed by atoms with Crippen LogP contribution in [0.2, 0.25) is 5.02 Å². The number of hydrogen-bond acceptors (Lipinski definition) is 8. The Morgan fingerprint density at radius 1 is 1.00 bits per heavy atom. The van der Waals surface area contributed by atoms with E-state index in [0.29, 0.717) is 54.9 Å². The molecule has 3 heterocycles. The van der Waals surface area contributed by atoms with E-state index in [9.17, 15) is 0 Å². The van der Waals surface area contributed by atoms with E-state index in [1.807, 2.05) is 48.7 Å². The molecule has 5 rings (SSSR count). The highest BCUT2D eigenvalue weighted by atomic mass is 35.5. The summed E-state index contributed by atoms with van der Waals surface area (Å²) in [6.45, 7) is 2.65. The molecule has 2 aromatic heterocycles. The number of benzene rings is 2. The summed E-state index contributed by atoms with van der Waals surface area (Å²) < 4.78 is 5.45. The van der Waals surface area contributed by atoms with Crippen molar-refractivity contribution in [1.29, 1.82) is 0 Å². The smallest absolute Gasteiger partial charge is 0.250 e. The van der Waals surface area contributed by atoms with E-state index in [2.05, 4.69) is 40.7 Å². The summed E-state index contributed by atoms with van der Waals surface area (Å²) in [5.74, 6) is 1.24. The van der Waals surface area contributed by atoms with E-state index >= 15 is 0 Å². The zero-order valence-electron chi connectivity index (χ0n) is 17.1. The van der Waals surface area contributed by atoms with Gasteiger partial charge in [0.05, 0.1) is 30.1 Å². The fraction of sp³-hybridized carbons (Fsp3) is 0.182. The van der Waals surface area contributed by atoms with Gasteiger partial charge in [-0.1, -0.05) is 41.9 Å². The molecule has 9 nitrogen and oxygen atoms in total. The molecule has 1 aliphatic rings. The summed E-state index contributed by atoms with van der Waals surface area (Å²) in [6, 6.07) is 15.5. The van der Waals surface area contributed by atoms with Gasteiger partial charge in [-0.3, -0.25) is 0 Å². The number of hydrazone groups is 1. The normalized spacial score (nSPS) is 14.2. The number of anilines is 4. The van der Waals surface area contributed by atoms with Gasteiger partial charge in [-0.15, -0.1) is 0 Å². The lowest BCUT2D eigenvalue weighted by Gasteiger charge is -2.27. The molecular weight excluding hydrogens is 428 g/mol. The Bertz CT molecular complexity index is 1250. The van der Waals surface area contributed by atoms with Gasteiger partial charge in [0.1, 0.15) is 0 Å². The number of hydrogen-bond donors (Lipinski definition) is 3. The van der Waals surface area contributed by atoms with E-state index in [4.69, 9.17) is 16.3 Å². The van der Waals surface area contributed by atoms with E-state index in [0.717, 1.165) is 16.5 Å². The molecule has 1 saturated heterocycles. The third-order valence-corrected chi connectivity index (χ3v) is 5.36. The van der Waals surface area contributed by atoms with Crippen LogP contribution in [0.5, 0.6) is 0 Å². The van der Waals surface area contributed by atoms with E-state index in [1.54, 1.807) is 12.3 Å². The van der Waals surface area contributed by atoms with Gasteiger partial charge < -0.3 is 19.9 Å². The maximum Gasteiger partial charge on any atom is 0.250 e. The highest BCUT2D eigenvalue weighted by Crippen LogP contribution is 2.25. The van der Waals surface area contributed by atoms with Crippen molar-refractivity contribution < 1.29 is 4.74 Å². The molecule has 0 radical (unpaired) electrons. The third kappa shape index (κ3) is 4.48. The van der Waals surface area contributed by atoms with Gasteiger partial charge in [0, 0.05) is 35.8 Å². The zero-order chi connectivity index (χ0) is 21.8. The molecule has 3 N–H and O–H groups in total. The van der Waals surface area contributed by atoms with Gasteiger partial charge in [0.25, 0.3) is 0 Å². The summed E-state index contributed by atoms with van der Waals surface area (Å²) in [7, 11) is 0. The maximum atomic E-state index is 6.29. The van der Waals surface area contributed by atoms with Gasteiger partial charge in [0.15, 0.2) is 0 Å². The standard InChI is InChI=1S/C22H21ClN8O/c23-17-6-2-4-8-19(17)26-20-27-21(29-22(28-20)31-9-11-32-12-10-31)30-25-14-15-13-24-18-7-3-1-5-16(15)18/h1-8,13-14,24H,9-12H2,(H2,26,27,28,29,30)/b25-14+. The first kappa shape index (κ1) is 20.2. The monoisotopic (exact) mass is 448 g/mol. The number of para-hydroxylation sites is 2. The first-order valence-corrected chi connectivity index (χ1v) is 10.6. The van der Waals surface area contributed by atoms with Gasteiger partial charge in [-0.2, -0.15) is 20.1 Å². The number of halogens is 1. The Hall–Kier alpha value is -3.69. The molecule has 0 atom stereocenters. The predicted octanol–water partition coefficient (Wildman–Crippen LogP) is 4.03. The highest BCUT2D eigenvalue weighted by molar-refractivity contribution is 6.33. The molecule has 32 heavy (non-hydrogen) atoms. The number of fused-ring (bicyclic) bond motifs is 1. The van der Waals surface area contributed by atoms with Crippen LogP contribution in [0.4, 0.5) is 23.5 Å². The number of H-pyrrole nitrogens is 1. The summed E-state index contributed by atoms with van der Waals surface area (Å²) in [4.78, 5) is 18.9. The van der Waals surface area contributed by atoms with Crippen LogP contribution in [-0.2, 0) is 4.74 Å². The second kappa shape index (κ2) is 9.21. The second-order valence-corrected chi connectivity index (χ2v) is 7.55. The van der Waals surface area contributed by atoms with E-state index in [1.165, 1.54) is 0 Å². The lowest BCUT2D eigenvalue weighted by atomic mass is 10.2. The van der Waals surface area contributed by atoms with Gasteiger partial charge >= 0.3 is 0 Å². The van der Waals surface area contributed by atoms with Gasteiger partial charge in [0.2, 0.25) is 17.8 Å². The first-order chi connectivity index (χ1) is 15.8. The Balaban J connectivity index is 1.41. The molecule has 2 aromatic carbocycles. The third-order valence-electron chi connectivity index (χ3n) is 5.03. The molecule has 4 aromatic rings. The second-order valence-electron chi connectivity index (χ2n) is 7.15. The number of rotatable bonds is 6. The van der Waals surface area contributed by atoms with Crippen molar-refractivity contribution in [2.24, 2.45) is 5.10 Å². The van der Waals surface area contributed by atoms with E-state index in [-0.39, 0.29) is 0 Å². The molecule has 162 valence electrons. The SMILES string of the molecule is Clc1ccccc1Nc1nc(N/N=C/c2c[nH]c3ccccc23)nc(N2CCOCC2)n1. The minimum atomic E-state index is 0.326. The molecule has 0 saturated carbocycles. The first-order valence-electron chi connectivity index (χ1n) is 10.2. The van der Waals surface area contributed by atoms with Crippen molar-refractivity contribution in [2.75, 3.05) is 41.9 Å². The summed E-state index contributed by atoms with van der Waals surface area (Å²) >= 11 is 6.29. The Kier molecular flexibility index (Phi) is 5.82. The summed E-state index contributed by atoms with van der Waals surface area (Å²) in [6.07, 6.45) is 3.64. The minimum Gasteiger partial charge on any atom is -0.378 e. The van der Waals surface area contributed by atoms with Gasteiger partial charge in [-0.25, -0.2) is 5.43 Å². The van der Waals surface area contributed by atoms with Crippen molar-refractivity contribution in [3.8, 4) is 0 Å². The maximum absolute atomic E-state index is 6.29. The van der Waals surface area contributed by atoms with E-state index < -0.39 is 0 Å². The number of aromatic nitrogens is 4. The number of ether oxygens (including phenoxy) is 1. The predicted molar refractivity (Wildman–Crippen MR) is 127 cm³/mol. The van der Waals surface area contributed by atoms with Crippen LogP contribution in [0.25, 0.3) is 10.9 Å².